The number of hydrogen-bond donors (Lipinski definition) is 2. The van der Waals surface area contributed by atoms with Crippen molar-refractivity contribution in [1.29, 1.82) is 0 Å². The van der Waals surface area contributed by atoms with Crippen molar-refractivity contribution in [2.24, 2.45) is 5.92 Å². The van der Waals surface area contributed by atoms with Gasteiger partial charge in [0.15, 0.2) is 0 Å². The number of carbonyl (C=O) groups is 2. The van der Waals surface area contributed by atoms with Crippen LogP contribution in [-0.2, 0) is 9.53 Å². The molecule has 2 rings (SSSR count). The molecule has 132 valence electrons. The third-order valence-corrected chi connectivity index (χ3v) is 3.93. The Morgan fingerprint density at radius 1 is 1.25 bits per heavy atom. The van der Waals surface area contributed by atoms with Crippen LogP contribution in [0.3, 0.4) is 0 Å². The zero-order valence-electron chi connectivity index (χ0n) is 14.8. The van der Waals surface area contributed by atoms with Gasteiger partial charge in [-0.2, -0.15) is 0 Å². The average molecular weight is 334 g/mol. The van der Waals surface area contributed by atoms with Gasteiger partial charge in [-0.15, -0.1) is 0 Å². The lowest BCUT2D eigenvalue weighted by atomic mass is 9.96. The molecule has 1 aliphatic heterocycles. The van der Waals surface area contributed by atoms with E-state index in [9.17, 15) is 14.7 Å². The number of amides is 2. The lowest BCUT2D eigenvalue weighted by Gasteiger charge is -2.32. The van der Waals surface area contributed by atoms with Crippen LogP contribution in [0.4, 0.5) is 10.5 Å². The summed E-state index contributed by atoms with van der Waals surface area (Å²) in [5.74, 6) is -0.239. The predicted octanol–water partition coefficient (Wildman–Crippen LogP) is 3.29. The van der Waals surface area contributed by atoms with Crippen LogP contribution in [0.15, 0.2) is 18.2 Å². The summed E-state index contributed by atoms with van der Waals surface area (Å²) in [6.07, 6.45) is 0.826. The van der Waals surface area contributed by atoms with Crippen LogP contribution in [-0.4, -0.2) is 40.7 Å². The van der Waals surface area contributed by atoms with Gasteiger partial charge in [-0.3, -0.25) is 4.79 Å². The highest BCUT2D eigenvalue weighted by molar-refractivity contribution is 5.94. The quantitative estimate of drug-likeness (QED) is 0.814. The Morgan fingerprint density at radius 3 is 2.42 bits per heavy atom. The summed E-state index contributed by atoms with van der Waals surface area (Å²) in [5, 5.41) is 12.6. The number of phenolic OH excluding ortho intramolecular Hbond substituents is 1. The molecule has 1 fully saturated rings. The van der Waals surface area contributed by atoms with Gasteiger partial charge in [0.2, 0.25) is 5.91 Å². The molecular weight excluding hydrogens is 308 g/mol. The van der Waals surface area contributed by atoms with Crippen molar-refractivity contribution in [1.82, 2.24) is 4.90 Å². The summed E-state index contributed by atoms with van der Waals surface area (Å²) in [6.45, 7) is 8.36. The van der Waals surface area contributed by atoms with E-state index in [1.54, 1.807) is 17.0 Å². The number of benzene rings is 1. The number of hydrogen-bond acceptors (Lipinski definition) is 4. The van der Waals surface area contributed by atoms with Crippen LogP contribution < -0.4 is 5.32 Å². The molecule has 0 saturated carbocycles. The largest absolute Gasteiger partial charge is 0.506 e. The summed E-state index contributed by atoms with van der Waals surface area (Å²) < 4.78 is 5.35. The Kier molecular flexibility index (Phi) is 5.36. The fourth-order valence-corrected chi connectivity index (χ4v) is 2.63. The van der Waals surface area contributed by atoms with E-state index in [1.807, 2.05) is 33.8 Å². The highest BCUT2D eigenvalue weighted by Crippen LogP contribution is 2.26. The molecule has 0 aliphatic carbocycles. The van der Waals surface area contributed by atoms with Crippen LogP contribution in [0.25, 0.3) is 0 Å². The zero-order valence-corrected chi connectivity index (χ0v) is 14.8. The van der Waals surface area contributed by atoms with E-state index >= 15 is 0 Å². The van der Waals surface area contributed by atoms with Gasteiger partial charge in [-0.1, -0.05) is 6.07 Å². The summed E-state index contributed by atoms with van der Waals surface area (Å²) >= 11 is 0. The highest BCUT2D eigenvalue weighted by Gasteiger charge is 2.30. The van der Waals surface area contributed by atoms with Crippen molar-refractivity contribution in [3.8, 4) is 5.75 Å². The Bertz CT molecular complexity index is 614. The molecular formula is C18H26N2O4. The van der Waals surface area contributed by atoms with Gasteiger partial charge in [0, 0.05) is 19.0 Å². The molecule has 1 aliphatic rings. The molecule has 24 heavy (non-hydrogen) atoms. The molecule has 2 N–H and O–H groups in total. The number of likely N-dealkylation sites (tertiary alicyclic amines) is 1. The number of phenols is 1. The van der Waals surface area contributed by atoms with Gasteiger partial charge < -0.3 is 20.1 Å². The van der Waals surface area contributed by atoms with Gasteiger partial charge in [0.25, 0.3) is 0 Å². The van der Waals surface area contributed by atoms with E-state index in [0.717, 1.165) is 5.56 Å². The third kappa shape index (κ3) is 4.88. The number of nitrogens with zero attached hydrogens (tertiary/aromatic N) is 1. The number of anilines is 1. The second kappa shape index (κ2) is 7.11. The lowest BCUT2D eigenvalue weighted by Crippen LogP contribution is -2.43. The van der Waals surface area contributed by atoms with Gasteiger partial charge in [0.1, 0.15) is 11.4 Å². The van der Waals surface area contributed by atoms with Gasteiger partial charge in [0.05, 0.1) is 5.69 Å². The average Bonchev–Trinajstić information content (AvgIpc) is 2.48. The smallest absolute Gasteiger partial charge is 0.410 e. The minimum absolute atomic E-state index is 0.0644. The molecule has 0 aromatic heterocycles. The molecule has 1 aromatic carbocycles. The van der Waals surface area contributed by atoms with Crippen molar-refractivity contribution in [2.75, 3.05) is 18.4 Å². The number of rotatable bonds is 2. The molecule has 0 bridgehead atoms. The standard InChI is InChI=1S/C18H26N2O4/c1-12-5-6-14(15(21)11-12)19-16(22)13-7-9-20(10-8-13)17(23)24-18(2,3)4/h5-6,11,13,21H,7-10H2,1-4H3,(H,19,22). The van der Waals surface area contributed by atoms with E-state index in [1.165, 1.54) is 0 Å². The molecule has 1 aromatic rings. The Labute approximate surface area is 142 Å². The predicted molar refractivity (Wildman–Crippen MR) is 92.0 cm³/mol. The molecule has 0 spiro atoms. The number of aryl methyl sites for hydroxylation is 1. The van der Waals surface area contributed by atoms with Crippen LogP contribution in [0.5, 0.6) is 5.75 Å². The first-order valence-corrected chi connectivity index (χ1v) is 8.24. The van der Waals surface area contributed by atoms with E-state index in [2.05, 4.69) is 5.32 Å². The molecule has 0 unspecified atom stereocenters. The van der Waals surface area contributed by atoms with Gasteiger partial charge in [-0.05, 0) is 58.2 Å². The third-order valence-electron chi connectivity index (χ3n) is 3.93. The van der Waals surface area contributed by atoms with Crippen molar-refractivity contribution in [2.45, 2.75) is 46.1 Å². The van der Waals surface area contributed by atoms with E-state index in [4.69, 9.17) is 4.74 Å². The lowest BCUT2D eigenvalue weighted by molar-refractivity contribution is -0.121. The molecule has 1 saturated heterocycles. The summed E-state index contributed by atoms with van der Waals surface area (Å²) in [7, 11) is 0. The summed E-state index contributed by atoms with van der Waals surface area (Å²) in [4.78, 5) is 26.0. The maximum absolute atomic E-state index is 12.4. The monoisotopic (exact) mass is 334 g/mol. The molecule has 0 radical (unpaired) electrons. The Morgan fingerprint density at radius 2 is 1.88 bits per heavy atom. The van der Waals surface area contributed by atoms with Crippen LogP contribution >= 0.6 is 0 Å². The topological polar surface area (TPSA) is 78.9 Å². The summed E-state index contributed by atoms with van der Waals surface area (Å²) in [6, 6.07) is 5.14. The van der Waals surface area contributed by atoms with Crippen molar-refractivity contribution in [3.05, 3.63) is 23.8 Å². The maximum atomic E-state index is 12.4. The van der Waals surface area contributed by atoms with Crippen LogP contribution in [0.1, 0.15) is 39.2 Å². The number of piperidine rings is 1. The van der Waals surface area contributed by atoms with E-state index in [-0.39, 0.29) is 23.7 Å². The summed E-state index contributed by atoms with van der Waals surface area (Å²) in [5.41, 5.74) is 0.824. The number of carbonyl (C=O) groups excluding carboxylic acids is 2. The first-order valence-electron chi connectivity index (χ1n) is 8.24. The number of nitrogens with one attached hydrogen (secondary N) is 1. The van der Waals surface area contributed by atoms with E-state index < -0.39 is 5.60 Å². The highest BCUT2D eigenvalue weighted by atomic mass is 16.6. The SMILES string of the molecule is Cc1ccc(NC(=O)C2CCN(C(=O)OC(C)(C)C)CC2)c(O)c1. The first kappa shape index (κ1) is 18.1. The zero-order chi connectivity index (χ0) is 17.9. The van der Waals surface area contributed by atoms with Crippen molar-refractivity contribution < 1.29 is 19.4 Å². The minimum Gasteiger partial charge on any atom is -0.506 e. The molecule has 6 heteroatoms. The second-order valence-corrected chi connectivity index (χ2v) is 7.25. The molecule has 1 heterocycles. The normalized spacial score (nSPS) is 15.9. The van der Waals surface area contributed by atoms with Gasteiger partial charge in [-0.25, -0.2) is 4.79 Å². The first-order chi connectivity index (χ1) is 11.2. The number of ether oxygens (including phenoxy) is 1. The van der Waals surface area contributed by atoms with Gasteiger partial charge >= 0.3 is 6.09 Å². The Balaban J connectivity index is 1.87. The van der Waals surface area contributed by atoms with Crippen LogP contribution in [0, 0.1) is 12.8 Å². The number of aromatic hydroxyl groups is 1. The fraction of sp³-hybridized carbons (Fsp3) is 0.556. The van der Waals surface area contributed by atoms with E-state index in [0.29, 0.717) is 31.6 Å². The maximum Gasteiger partial charge on any atom is 0.410 e. The Hall–Kier alpha value is -2.24. The van der Waals surface area contributed by atoms with Crippen molar-refractivity contribution >= 4 is 17.7 Å². The molecule has 0 atom stereocenters. The van der Waals surface area contributed by atoms with Crippen LogP contribution in [0.2, 0.25) is 0 Å². The van der Waals surface area contributed by atoms with Crippen molar-refractivity contribution in [3.63, 3.8) is 0 Å². The molecule has 2 amide bonds. The second-order valence-electron chi connectivity index (χ2n) is 7.25. The fourth-order valence-electron chi connectivity index (χ4n) is 2.63. The molecule has 6 nitrogen and oxygen atoms in total. The minimum atomic E-state index is -0.520.